The van der Waals surface area contributed by atoms with E-state index in [0.717, 1.165) is 44.7 Å². The molecule has 3 aliphatic heterocycles. The summed E-state index contributed by atoms with van der Waals surface area (Å²) in [7, 11) is 4.25. The van der Waals surface area contributed by atoms with Crippen molar-refractivity contribution in [1.29, 1.82) is 0 Å². The van der Waals surface area contributed by atoms with E-state index in [-0.39, 0.29) is 19.4 Å². The van der Waals surface area contributed by atoms with E-state index < -0.39 is 11.8 Å². The number of hydrogen-bond donors (Lipinski definition) is 2. The fraction of sp³-hybridized carbons (Fsp3) is 0.462. The Morgan fingerprint density at radius 1 is 0.914 bits per heavy atom. The van der Waals surface area contributed by atoms with Crippen LogP contribution >= 0.6 is 0 Å². The third kappa shape index (κ3) is 5.21. The zero-order valence-corrected chi connectivity index (χ0v) is 20.4. The molecule has 2 N–H and O–H groups in total. The number of nitrogens with zero attached hydrogens (tertiary/aromatic N) is 3. The molecule has 9 heteroatoms. The molecule has 5 rings (SSSR count). The van der Waals surface area contributed by atoms with Gasteiger partial charge in [-0.15, -0.1) is 0 Å². The lowest BCUT2D eigenvalue weighted by atomic mass is 10.00. The van der Waals surface area contributed by atoms with Gasteiger partial charge in [-0.3, -0.25) is 14.5 Å². The predicted octanol–water partition coefficient (Wildman–Crippen LogP) is 1.13. The first kappa shape index (κ1) is 23.4. The summed E-state index contributed by atoms with van der Waals surface area (Å²) in [6.07, 6.45) is 1.03. The van der Waals surface area contributed by atoms with Crippen LogP contribution in [0.25, 0.3) is 0 Å². The molecule has 3 heterocycles. The molecule has 35 heavy (non-hydrogen) atoms. The maximum atomic E-state index is 12.7. The standard InChI is InChI=1S/C26H33N5O4/c1-29-9-11-31(12-10-29)22(19-4-5-21-20(14-19)7-8-30(21)2)16-28-26(33)25(32)27-15-18-3-6-23-24(13-18)35-17-34-23/h3-6,13-14,22H,7-12,15-17H2,1-2H3,(H,27,32)(H,28,33). The lowest BCUT2D eigenvalue weighted by molar-refractivity contribution is -0.139. The summed E-state index contributed by atoms with van der Waals surface area (Å²) in [4.78, 5) is 32.1. The number of ether oxygens (including phenoxy) is 2. The zero-order chi connectivity index (χ0) is 24.4. The molecule has 9 nitrogen and oxygen atoms in total. The summed E-state index contributed by atoms with van der Waals surface area (Å²) in [5, 5.41) is 5.59. The first-order valence-electron chi connectivity index (χ1n) is 12.2. The summed E-state index contributed by atoms with van der Waals surface area (Å²) >= 11 is 0. The number of anilines is 1. The normalized spacial score (nSPS) is 18.3. The fourth-order valence-electron chi connectivity index (χ4n) is 4.97. The average molecular weight is 480 g/mol. The van der Waals surface area contributed by atoms with Crippen molar-refractivity contribution in [3.05, 3.63) is 53.1 Å². The van der Waals surface area contributed by atoms with Gasteiger partial charge in [0.15, 0.2) is 11.5 Å². The number of nitrogens with one attached hydrogen (secondary N) is 2. The van der Waals surface area contributed by atoms with Crippen molar-refractivity contribution in [2.45, 2.75) is 19.0 Å². The molecule has 1 unspecified atom stereocenters. The highest BCUT2D eigenvalue weighted by atomic mass is 16.7. The van der Waals surface area contributed by atoms with Crippen molar-refractivity contribution < 1.29 is 19.1 Å². The Morgan fingerprint density at radius 3 is 2.51 bits per heavy atom. The molecule has 1 saturated heterocycles. The highest BCUT2D eigenvalue weighted by Gasteiger charge is 2.27. The number of fused-ring (bicyclic) bond motifs is 2. The van der Waals surface area contributed by atoms with E-state index in [1.165, 1.54) is 16.8 Å². The third-order valence-corrected chi connectivity index (χ3v) is 7.15. The number of carbonyl (C=O) groups is 2. The summed E-state index contributed by atoms with van der Waals surface area (Å²) < 4.78 is 10.7. The van der Waals surface area contributed by atoms with Crippen molar-refractivity contribution >= 4 is 17.5 Å². The van der Waals surface area contributed by atoms with Crippen LogP contribution < -0.4 is 25.0 Å². The van der Waals surface area contributed by atoms with E-state index in [0.29, 0.717) is 18.0 Å². The minimum Gasteiger partial charge on any atom is -0.454 e. The van der Waals surface area contributed by atoms with Crippen LogP contribution in [0.2, 0.25) is 0 Å². The second-order valence-electron chi connectivity index (χ2n) is 9.50. The molecule has 1 fully saturated rings. The average Bonchev–Trinajstić information content (AvgIpc) is 3.49. The SMILES string of the molecule is CN1CCN(C(CNC(=O)C(=O)NCc2ccc3c(c2)OCO3)c2ccc3c(c2)CCN3C)CC1. The van der Waals surface area contributed by atoms with Crippen LogP contribution in [0.3, 0.4) is 0 Å². The van der Waals surface area contributed by atoms with Crippen LogP contribution in [0.15, 0.2) is 36.4 Å². The van der Waals surface area contributed by atoms with Crippen molar-refractivity contribution in [3.8, 4) is 11.5 Å². The van der Waals surface area contributed by atoms with Gasteiger partial charge in [0.1, 0.15) is 0 Å². The number of carbonyl (C=O) groups excluding carboxylic acids is 2. The van der Waals surface area contributed by atoms with Gasteiger partial charge in [-0.2, -0.15) is 0 Å². The summed E-state index contributed by atoms with van der Waals surface area (Å²) in [5.74, 6) is 0.0730. The number of hydrogen-bond acceptors (Lipinski definition) is 7. The molecule has 2 aromatic carbocycles. The van der Waals surface area contributed by atoms with Crippen LogP contribution in [0.1, 0.15) is 22.7 Å². The molecule has 1 atom stereocenters. The van der Waals surface area contributed by atoms with Gasteiger partial charge < -0.3 is 29.9 Å². The quantitative estimate of drug-likeness (QED) is 0.601. The second kappa shape index (κ2) is 10.1. The molecule has 0 saturated carbocycles. The van der Waals surface area contributed by atoms with Crippen LogP contribution in [0, 0.1) is 0 Å². The number of amides is 2. The summed E-state index contributed by atoms with van der Waals surface area (Å²) in [5.41, 5.74) is 4.65. The van der Waals surface area contributed by atoms with Gasteiger partial charge in [-0.25, -0.2) is 0 Å². The number of rotatable bonds is 6. The molecule has 0 aliphatic carbocycles. The van der Waals surface area contributed by atoms with Crippen molar-refractivity contribution in [2.75, 3.05) is 65.1 Å². The molecule has 0 bridgehead atoms. The van der Waals surface area contributed by atoms with Gasteiger partial charge >= 0.3 is 11.8 Å². The molecule has 2 aromatic rings. The van der Waals surface area contributed by atoms with Gasteiger partial charge in [-0.05, 0) is 48.4 Å². The minimum absolute atomic E-state index is 0.0190. The Balaban J connectivity index is 1.21. The van der Waals surface area contributed by atoms with E-state index in [1.807, 2.05) is 12.1 Å². The Kier molecular flexibility index (Phi) is 6.79. The molecular formula is C26H33N5O4. The van der Waals surface area contributed by atoms with Gasteiger partial charge in [0, 0.05) is 58.5 Å². The molecule has 2 amide bonds. The van der Waals surface area contributed by atoms with Crippen molar-refractivity contribution in [3.63, 3.8) is 0 Å². The smallest absolute Gasteiger partial charge is 0.309 e. The molecule has 3 aliphatic rings. The van der Waals surface area contributed by atoms with E-state index in [2.05, 4.69) is 57.6 Å². The largest absolute Gasteiger partial charge is 0.454 e. The summed E-state index contributed by atoms with van der Waals surface area (Å²) in [6, 6.07) is 12.1. The lowest BCUT2D eigenvalue weighted by Gasteiger charge is -2.38. The topological polar surface area (TPSA) is 86.4 Å². The Bertz CT molecular complexity index is 1100. The molecule has 0 aromatic heterocycles. The second-order valence-corrected chi connectivity index (χ2v) is 9.50. The minimum atomic E-state index is -0.643. The highest BCUT2D eigenvalue weighted by molar-refractivity contribution is 6.35. The molecule has 0 radical (unpaired) electrons. The summed E-state index contributed by atoms with van der Waals surface area (Å²) in [6.45, 7) is 5.65. The monoisotopic (exact) mass is 479 g/mol. The van der Waals surface area contributed by atoms with Gasteiger partial charge in [0.05, 0.1) is 6.04 Å². The van der Waals surface area contributed by atoms with Crippen LogP contribution in [0.4, 0.5) is 5.69 Å². The van der Waals surface area contributed by atoms with Gasteiger partial charge in [0.25, 0.3) is 0 Å². The van der Waals surface area contributed by atoms with Crippen LogP contribution in [0.5, 0.6) is 11.5 Å². The maximum Gasteiger partial charge on any atom is 0.309 e. The van der Waals surface area contributed by atoms with Gasteiger partial charge in [0.2, 0.25) is 6.79 Å². The Morgan fingerprint density at radius 2 is 1.69 bits per heavy atom. The van der Waals surface area contributed by atoms with Crippen LogP contribution in [-0.4, -0.2) is 81.8 Å². The predicted molar refractivity (Wildman–Crippen MR) is 133 cm³/mol. The van der Waals surface area contributed by atoms with E-state index >= 15 is 0 Å². The molecule has 186 valence electrons. The van der Waals surface area contributed by atoms with Crippen molar-refractivity contribution in [2.24, 2.45) is 0 Å². The maximum absolute atomic E-state index is 12.7. The van der Waals surface area contributed by atoms with E-state index in [1.54, 1.807) is 6.07 Å². The molecular weight excluding hydrogens is 446 g/mol. The Hall–Kier alpha value is -3.30. The van der Waals surface area contributed by atoms with E-state index in [9.17, 15) is 9.59 Å². The zero-order valence-electron chi connectivity index (χ0n) is 20.4. The van der Waals surface area contributed by atoms with E-state index in [4.69, 9.17) is 9.47 Å². The number of benzene rings is 2. The molecule has 0 spiro atoms. The third-order valence-electron chi connectivity index (χ3n) is 7.15. The Labute approximate surface area is 206 Å². The first-order valence-corrected chi connectivity index (χ1v) is 12.2. The lowest BCUT2D eigenvalue weighted by Crippen LogP contribution is -2.49. The number of piperazine rings is 1. The van der Waals surface area contributed by atoms with Crippen LogP contribution in [-0.2, 0) is 22.6 Å². The highest BCUT2D eigenvalue weighted by Crippen LogP contribution is 2.33. The number of likely N-dealkylation sites (N-methyl/N-ethyl adjacent to an activating group) is 2. The fourth-order valence-corrected chi connectivity index (χ4v) is 4.97. The van der Waals surface area contributed by atoms with Crippen molar-refractivity contribution in [1.82, 2.24) is 20.4 Å². The first-order chi connectivity index (χ1) is 17.0. The van der Waals surface area contributed by atoms with Gasteiger partial charge in [-0.1, -0.05) is 18.2 Å².